The van der Waals surface area contributed by atoms with Crippen LogP contribution < -0.4 is 4.74 Å². The van der Waals surface area contributed by atoms with Crippen molar-refractivity contribution >= 4 is 5.78 Å². The Balaban J connectivity index is 1.29. The lowest BCUT2D eigenvalue weighted by molar-refractivity contribution is -0.118. The number of ether oxygens (including phenoxy) is 1. The summed E-state index contributed by atoms with van der Waals surface area (Å²) >= 11 is 0. The third kappa shape index (κ3) is 7.44. The minimum atomic E-state index is -0.231. The van der Waals surface area contributed by atoms with E-state index in [9.17, 15) is 9.18 Å². The highest BCUT2D eigenvalue weighted by atomic mass is 19.1. The maximum absolute atomic E-state index is 14.2. The summed E-state index contributed by atoms with van der Waals surface area (Å²) < 4.78 is 19.7. The van der Waals surface area contributed by atoms with Gasteiger partial charge in [-0.05, 0) is 67.4 Å². The number of aryl methyl sites for hydroxylation is 1. The fraction of sp³-hybridized carbons (Fsp3) is 0.379. The van der Waals surface area contributed by atoms with Gasteiger partial charge in [0.1, 0.15) is 17.3 Å². The Hall–Kier alpha value is -3.09. The molecule has 2 aromatic carbocycles. The molecule has 184 valence electrons. The first kappa shape index (κ1) is 25.0. The topological polar surface area (TPSA) is 45.7 Å². The van der Waals surface area contributed by atoms with Gasteiger partial charge in [0.15, 0.2) is 0 Å². The first-order valence-corrected chi connectivity index (χ1v) is 12.4. The molecule has 4 rings (SSSR count). The average molecular weight is 476 g/mol. The van der Waals surface area contributed by atoms with Gasteiger partial charge in [-0.2, -0.15) is 0 Å². The van der Waals surface area contributed by atoms with Crippen molar-refractivity contribution in [3.63, 3.8) is 0 Å². The van der Waals surface area contributed by atoms with Crippen LogP contribution in [-0.4, -0.2) is 60.4 Å². The second kappa shape index (κ2) is 12.0. The summed E-state index contributed by atoms with van der Waals surface area (Å²) in [4.78, 5) is 21.7. The van der Waals surface area contributed by atoms with Gasteiger partial charge in [0.25, 0.3) is 0 Å². The van der Waals surface area contributed by atoms with E-state index in [1.54, 1.807) is 18.3 Å². The van der Waals surface area contributed by atoms with Crippen LogP contribution in [0.4, 0.5) is 4.39 Å². The molecule has 1 saturated heterocycles. The second-order valence-corrected chi connectivity index (χ2v) is 9.26. The van der Waals surface area contributed by atoms with E-state index in [-0.39, 0.29) is 18.0 Å². The Morgan fingerprint density at radius 1 is 0.971 bits per heavy atom. The smallest absolute Gasteiger partial charge is 0.139 e. The number of carbonyl (C=O) groups is 1. The summed E-state index contributed by atoms with van der Waals surface area (Å²) in [6, 6.07) is 17.0. The molecule has 2 heterocycles. The van der Waals surface area contributed by atoms with Gasteiger partial charge in [-0.15, -0.1) is 0 Å². The van der Waals surface area contributed by atoms with Crippen LogP contribution in [0.15, 0.2) is 60.8 Å². The minimum Gasteiger partial charge on any atom is -0.494 e. The summed E-state index contributed by atoms with van der Waals surface area (Å²) in [5, 5.41) is 0. The molecule has 0 N–H and O–H groups in total. The molecule has 35 heavy (non-hydrogen) atoms. The summed E-state index contributed by atoms with van der Waals surface area (Å²) in [5.41, 5.74) is 4.65. The fourth-order valence-electron chi connectivity index (χ4n) is 4.40. The van der Waals surface area contributed by atoms with Crippen LogP contribution in [0.5, 0.6) is 5.75 Å². The van der Waals surface area contributed by atoms with Gasteiger partial charge in [-0.1, -0.05) is 24.3 Å². The molecule has 5 nitrogen and oxygen atoms in total. The average Bonchev–Trinajstić information content (AvgIpc) is 2.85. The zero-order chi connectivity index (χ0) is 24.6. The molecule has 3 aromatic rings. The molecule has 6 heteroatoms. The van der Waals surface area contributed by atoms with Gasteiger partial charge < -0.3 is 9.64 Å². The summed E-state index contributed by atoms with van der Waals surface area (Å²) in [6.45, 7) is 7.40. The van der Waals surface area contributed by atoms with E-state index >= 15 is 0 Å². The number of nitrogens with zero attached hydrogens (tertiary/aromatic N) is 3. The van der Waals surface area contributed by atoms with Crippen LogP contribution in [0.3, 0.4) is 0 Å². The van der Waals surface area contributed by atoms with Crippen molar-refractivity contribution in [1.29, 1.82) is 0 Å². The second-order valence-electron chi connectivity index (χ2n) is 9.26. The molecule has 1 fully saturated rings. The molecule has 0 radical (unpaired) electrons. The summed E-state index contributed by atoms with van der Waals surface area (Å²) in [7, 11) is 2.13. The highest BCUT2D eigenvalue weighted by molar-refractivity contribution is 5.80. The number of benzene rings is 2. The third-order valence-corrected chi connectivity index (χ3v) is 6.41. The number of pyridine rings is 1. The Bertz CT molecular complexity index is 1110. The maximum Gasteiger partial charge on any atom is 0.139 e. The summed E-state index contributed by atoms with van der Waals surface area (Å²) in [6.07, 6.45) is 3.00. The molecule has 0 bridgehead atoms. The molecule has 1 aliphatic heterocycles. The van der Waals surface area contributed by atoms with Crippen LogP contribution in [0.1, 0.15) is 30.2 Å². The molecule has 0 saturated carbocycles. The maximum atomic E-state index is 14.2. The van der Waals surface area contributed by atoms with Gasteiger partial charge in [-0.3, -0.25) is 14.7 Å². The molecule has 0 spiro atoms. The quantitative estimate of drug-likeness (QED) is 0.422. The normalized spacial score (nSPS) is 14.7. The zero-order valence-corrected chi connectivity index (χ0v) is 20.7. The van der Waals surface area contributed by atoms with Crippen LogP contribution >= 0.6 is 0 Å². The number of likely N-dealkylation sites (N-methyl/N-ethyl adjacent to an activating group) is 1. The molecule has 0 atom stereocenters. The van der Waals surface area contributed by atoms with Crippen molar-refractivity contribution in [2.24, 2.45) is 0 Å². The van der Waals surface area contributed by atoms with Crippen molar-refractivity contribution in [2.45, 2.75) is 32.7 Å². The minimum absolute atomic E-state index is 0.108. The van der Waals surface area contributed by atoms with E-state index in [2.05, 4.69) is 21.8 Å². The number of rotatable bonds is 10. The molecule has 0 unspecified atom stereocenters. The van der Waals surface area contributed by atoms with E-state index in [1.165, 1.54) is 0 Å². The van der Waals surface area contributed by atoms with E-state index < -0.39 is 0 Å². The van der Waals surface area contributed by atoms with E-state index in [4.69, 9.17) is 4.74 Å². The van der Waals surface area contributed by atoms with Crippen LogP contribution in [0.25, 0.3) is 11.1 Å². The Morgan fingerprint density at radius 2 is 1.69 bits per heavy atom. The zero-order valence-electron chi connectivity index (χ0n) is 20.7. The number of hydrogen-bond donors (Lipinski definition) is 0. The largest absolute Gasteiger partial charge is 0.494 e. The molecule has 0 aliphatic carbocycles. The van der Waals surface area contributed by atoms with E-state index in [0.717, 1.165) is 66.4 Å². The number of halogens is 1. The molecule has 0 amide bonds. The van der Waals surface area contributed by atoms with Gasteiger partial charge in [0.2, 0.25) is 0 Å². The Morgan fingerprint density at radius 3 is 2.37 bits per heavy atom. The lowest BCUT2D eigenvalue weighted by Crippen LogP contribution is -2.43. The SMILES string of the molecule is CCOc1ccc(-c2ccc(CC(=O)CCc3cc(F)cc(CN4CCN(C)CC4)c3)nc2)cc1. The Labute approximate surface area is 207 Å². The van der Waals surface area contributed by atoms with Gasteiger partial charge in [-0.25, -0.2) is 4.39 Å². The van der Waals surface area contributed by atoms with E-state index in [1.807, 2.05) is 49.4 Å². The first-order chi connectivity index (χ1) is 17.0. The summed E-state index contributed by atoms with van der Waals surface area (Å²) in [5.74, 6) is 0.720. The number of hydrogen-bond acceptors (Lipinski definition) is 5. The fourth-order valence-corrected chi connectivity index (χ4v) is 4.40. The van der Waals surface area contributed by atoms with Crippen LogP contribution in [-0.2, 0) is 24.2 Å². The van der Waals surface area contributed by atoms with Crippen molar-refractivity contribution in [2.75, 3.05) is 39.8 Å². The molecule has 1 aromatic heterocycles. The lowest BCUT2D eigenvalue weighted by Gasteiger charge is -2.32. The van der Waals surface area contributed by atoms with Crippen LogP contribution in [0, 0.1) is 5.82 Å². The van der Waals surface area contributed by atoms with E-state index in [0.29, 0.717) is 19.4 Å². The van der Waals surface area contributed by atoms with Crippen molar-refractivity contribution in [3.8, 4) is 16.9 Å². The Kier molecular flexibility index (Phi) is 8.61. The monoisotopic (exact) mass is 475 g/mol. The number of carbonyl (C=O) groups excluding carboxylic acids is 1. The van der Waals surface area contributed by atoms with Crippen molar-refractivity contribution in [3.05, 3.63) is 83.4 Å². The molecular formula is C29H34FN3O2. The molecule has 1 aliphatic rings. The van der Waals surface area contributed by atoms with Gasteiger partial charge >= 0.3 is 0 Å². The van der Waals surface area contributed by atoms with Crippen molar-refractivity contribution < 1.29 is 13.9 Å². The number of ketones is 1. The number of piperazine rings is 1. The van der Waals surface area contributed by atoms with Crippen LogP contribution in [0.2, 0.25) is 0 Å². The highest BCUT2D eigenvalue weighted by Gasteiger charge is 2.15. The first-order valence-electron chi connectivity index (χ1n) is 12.4. The number of Topliss-reactive ketones (excluding diaryl/α,β-unsaturated/α-hetero) is 1. The highest BCUT2D eigenvalue weighted by Crippen LogP contribution is 2.22. The predicted molar refractivity (Wildman–Crippen MR) is 137 cm³/mol. The third-order valence-electron chi connectivity index (χ3n) is 6.41. The predicted octanol–water partition coefficient (Wildman–Crippen LogP) is 4.78. The lowest BCUT2D eigenvalue weighted by atomic mass is 10.0. The molecular weight excluding hydrogens is 441 g/mol. The van der Waals surface area contributed by atoms with Crippen molar-refractivity contribution in [1.82, 2.24) is 14.8 Å². The van der Waals surface area contributed by atoms with Gasteiger partial charge in [0, 0.05) is 63.0 Å². The standard InChI is InChI=1S/C29H34FN3O2/c1-3-35-29-10-6-24(7-11-29)25-5-8-27(31-20-25)19-28(34)9-4-22-16-23(18-26(30)17-22)21-33-14-12-32(2)13-15-33/h5-8,10-11,16-18,20H,3-4,9,12-15,19,21H2,1-2H3. The van der Waals surface area contributed by atoms with Gasteiger partial charge in [0.05, 0.1) is 6.61 Å². The number of aromatic nitrogens is 1.